The quantitative estimate of drug-likeness (QED) is 0.608. The first-order chi connectivity index (χ1) is 4.27. The van der Waals surface area contributed by atoms with Crippen molar-refractivity contribution in [3.05, 3.63) is 0 Å². The van der Waals surface area contributed by atoms with E-state index in [1.165, 1.54) is 0 Å². The highest BCUT2D eigenvalue weighted by Crippen LogP contribution is 2.14. The Balaban J connectivity index is 2.09. The number of hydrogen-bond donors (Lipinski definition) is 1. The Labute approximate surface area is 56.6 Å². The third-order valence-electron chi connectivity index (χ3n) is 1.65. The van der Waals surface area contributed by atoms with Crippen molar-refractivity contribution in [2.45, 2.75) is 25.9 Å². The molecule has 1 aliphatic rings. The average Bonchev–Trinajstić information content (AvgIpc) is 1.79. The zero-order valence-corrected chi connectivity index (χ0v) is 6.24. The van der Waals surface area contributed by atoms with Gasteiger partial charge in [0.05, 0.1) is 5.60 Å². The van der Waals surface area contributed by atoms with E-state index in [9.17, 15) is 0 Å². The summed E-state index contributed by atoms with van der Waals surface area (Å²) >= 11 is 0. The summed E-state index contributed by atoms with van der Waals surface area (Å²) in [6, 6.07) is 0. The minimum atomic E-state index is 0.163. The summed E-state index contributed by atoms with van der Waals surface area (Å²) in [7, 11) is 0. The summed E-state index contributed by atoms with van der Waals surface area (Å²) in [4.78, 5) is 0. The Hall–Kier alpha value is -0.0800. The normalized spacial score (nSPS) is 23.3. The molecule has 0 unspecified atom stereocenters. The second-order valence-electron chi connectivity index (χ2n) is 2.90. The predicted molar refractivity (Wildman–Crippen MR) is 37.5 cm³/mol. The molecule has 1 heterocycles. The molecule has 54 valence electrons. The van der Waals surface area contributed by atoms with E-state index < -0.39 is 0 Å². The summed E-state index contributed by atoms with van der Waals surface area (Å²) < 4.78 is 5.55. The van der Waals surface area contributed by atoms with Crippen LogP contribution in [0.5, 0.6) is 0 Å². The fourth-order valence-electron chi connectivity index (χ4n) is 0.928. The average molecular weight is 129 g/mol. The molecule has 1 fully saturated rings. The van der Waals surface area contributed by atoms with E-state index >= 15 is 0 Å². The molecular weight excluding hydrogens is 114 g/mol. The van der Waals surface area contributed by atoms with E-state index in [1.54, 1.807) is 0 Å². The van der Waals surface area contributed by atoms with Gasteiger partial charge in [-0.15, -0.1) is 0 Å². The molecular formula is C7H15NO. The van der Waals surface area contributed by atoms with Gasteiger partial charge in [-0.2, -0.15) is 0 Å². The number of hydrogen-bond acceptors (Lipinski definition) is 2. The Morgan fingerprint density at radius 2 is 2.22 bits per heavy atom. The van der Waals surface area contributed by atoms with Gasteiger partial charge in [0.1, 0.15) is 0 Å². The third-order valence-corrected chi connectivity index (χ3v) is 1.65. The summed E-state index contributed by atoms with van der Waals surface area (Å²) in [5, 5.41) is 3.19. The molecule has 2 nitrogen and oxygen atoms in total. The fourth-order valence-corrected chi connectivity index (χ4v) is 0.928. The van der Waals surface area contributed by atoms with Gasteiger partial charge in [-0.3, -0.25) is 0 Å². The van der Waals surface area contributed by atoms with Crippen LogP contribution in [-0.4, -0.2) is 25.3 Å². The standard InChI is InChI=1S/C7H15NO/c1-3-4-9-7(2)5-8-6-7/h8H,3-6H2,1-2H3. The molecule has 0 aliphatic carbocycles. The van der Waals surface area contributed by atoms with Gasteiger partial charge in [0.2, 0.25) is 0 Å². The first kappa shape index (κ1) is 7.03. The first-order valence-electron chi connectivity index (χ1n) is 3.61. The lowest BCUT2D eigenvalue weighted by atomic mass is 10.0. The molecule has 1 saturated heterocycles. The predicted octanol–water partition coefficient (Wildman–Crippen LogP) is 0.775. The van der Waals surface area contributed by atoms with Crippen molar-refractivity contribution in [3.63, 3.8) is 0 Å². The lowest BCUT2D eigenvalue weighted by molar-refractivity contribution is -0.0661. The molecule has 2 heteroatoms. The van der Waals surface area contributed by atoms with Crippen molar-refractivity contribution < 1.29 is 4.74 Å². The maximum Gasteiger partial charge on any atom is 0.0901 e. The second kappa shape index (κ2) is 2.67. The van der Waals surface area contributed by atoms with E-state index in [2.05, 4.69) is 19.2 Å². The van der Waals surface area contributed by atoms with Crippen molar-refractivity contribution in [3.8, 4) is 0 Å². The van der Waals surface area contributed by atoms with Crippen LogP contribution >= 0.6 is 0 Å². The van der Waals surface area contributed by atoms with Gasteiger partial charge in [0, 0.05) is 19.7 Å². The van der Waals surface area contributed by atoms with Gasteiger partial charge in [-0.05, 0) is 13.3 Å². The molecule has 1 aliphatic heterocycles. The molecule has 0 aromatic heterocycles. The van der Waals surface area contributed by atoms with Gasteiger partial charge < -0.3 is 10.1 Å². The first-order valence-corrected chi connectivity index (χ1v) is 3.61. The lowest BCUT2D eigenvalue weighted by Gasteiger charge is -2.38. The maximum atomic E-state index is 5.55. The zero-order valence-electron chi connectivity index (χ0n) is 6.24. The van der Waals surface area contributed by atoms with Crippen molar-refractivity contribution in [2.75, 3.05) is 19.7 Å². The van der Waals surface area contributed by atoms with E-state index in [4.69, 9.17) is 4.74 Å². The van der Waals surface area contributed by atoms with Gasteiger partial charge in [-0.1, -0.05) is 6.92 Å². The van der Waals surface area contributed by atoms with E-state index in [0.717, 1.165) is 26.1 Å². The Kier molecular flexibility index (Phi) is 2.09. The molecule has 0 bridgehead atoms. The topological polar surface area (TPSA) is 21.3 Å². The highest BCUT2D eigenvalue weighted by molar-refractivity contribution is 4.89. The summed E-state index contributed by atoms with van der Waals surface area (Å²) in [6.45, 7) is 7.23. The van der Waals surface area contributed by atoms with Gasteiger partial charge >= 0.3 is 0 Å². The lowest BCUT2D eigenvalue weighted by Crippen LogP contribution is -2.59. The van der Waals surface area contributed by atoms with Gasteiger partial charge in [-0.25, -0.2) is 0 Å². The molecule has 0 radical (unpaired) electrons. The molecule has 0 amide bonds. The largest absolute Gasteiger partial charge is 0.373 e. The molecule has 0 aromatic carbocycles. The van der Waals surface area contributed by atoms with Crippen LogP contribution < -0.4 is 5.32 Å². The summed E-state index contributed by atoms with van der Waals surface area (Å²) in [5.41, 5.74) is 0.163. The number of rotatable bonds is 3. The van der Waals surface area contributed by atoms with Crippen LogP contribution in [0.1, 0.15) is 20.3 Å². The fraction of sp³-hybridized carbons (Fsp3) is 1.00. The van der Waals surface area contributed by atoms with Crippen LogP contribution in [0, 0.1) is 0 Å². The van der Waals surface area contributed by atoms with Gasteiger partial charge in [0.25, 0.3) is 0 Å². The van der Waals surface area contributed by atoms with Crippen LogP contribution in [0.15, 0.2) is 0 Å². The molecule has 9 heavy (non-hydrogen) atoms. The zero-order chi connectivity index (χ0) is 6.74. The maximum absolute atomic E-state index is 5.55. The van der Waals surface area contributed by atoms with Crippen LogP contribution in [0.25, 0.3) is 0 Å². The van der Waals surface area contributed by atoms with Crippen LogP contribution in [0.4, 0.5) is 0 Å². The molecule has 1 N–H and O–H groups in total. The Bertz CT molecular complexity index is 88.9. The van der Waals surface area contributed by atoms with Gasteiger partial charge in [0.15, 0.2) is 0 Å². The van der Waals surface area contributed by atoms with Crippen LogP contribution in [0.3, 0.4) is 0 Å². The molecule has 0 saturated carbocycles. The van der Waals surface area contributed by atoms with Crippen molar-refractivity contribution in [1.29, 1.82) is 0 Å². The minimum Gasteiger partial charge on any atom is -0.373 e. The highest BCUT2D eigenvalue weighted by atomic mass is 16.5. The third kappa shape index (κ3) is 1.66. The SMILES string of the molecule is CCCOC1(C)CNC1. The van der Waals surface area contributed by atoms with Crippen molar-refractivity contribution >= 4 is 0 Å². The van der Waals surface area contributed by atoms with Crippen molar-refractivity contribution in [2.24, 2.45) is 0 Å². The summed E-state index contributed by atoms with van der Waals surface area (Å²) in [6.07, 6.45) is 1.12. The Morgan fingerprint density at radius 3 is 2.56 bits per heavy atom. The van der Waals surface area contributed by atoms with Crippen LogP contribution in [-0.2, 0) is 4.74 Å². The monoisotopic (exact) mass is 129 g/mol. The highest BCUT2D eigenvalue weighted by Gasteiger charge is 2.31. The number of nitrogens with one attached hydrogen (secondary N) is 1. The van der Waals surface area contributed by atoms with Crippen molar-refractivity contribution in [1.82, 2.24) is 5.32 Å². The molecule has 0 aromatic rings. The van der Waals surface area contributed by atoms with E-state index in [-0.39, 0.29) is 5.60 Å². The molecule has 1 rings (SSSR count). The molecule has 0 atom stereocenters. The van der Waals surface area contributed by atoms with E-state index in [0.29, 0.717) is 0 Å². The number of ether oxygens (including phenoxy) is 1. The van der Waals surface area contributed by atoms with E-state index in [1.807, 2.05) is 0 Å². The molecule has 0 spiro atoms. The smallest absolute Gasteiger partial charge is 0.0901 e. The minimum absolute atomic E-state index is 0.163. The summed E-state index contributed by atoms with van der Waals surface area (Å²) in [5.74, 6) is 0. The Morgan fingerprint density at radius 1 is 1.56 bits per heavy atom. The second-order valence-corrected chi connectivity index (χ2v) is 2.90. The van der Waals surface area contributed by atoms with Crippen LogP contribution in [0.2, 0.25) is 0 Å².